The largest absolute Gasteiger partial charge is 0.506 e. The van der Waals surface area contributed by atoms with Crippen molar-refractivity contribution in [2.75, 3.05) is 26.2 Å². The van der Waals surface area contributed by atoms with Gasteiger partial charge in [0, 0.05) is 37.8 Å². The maximum atomic E-state index is 10.2. The molecule has 0 saturated carbocycles. The number of phenolic OH excluding ortho intramolecular Hbond substituents is 1. The van der Waals surface area contributed by atoms with Gasteiger partial charge >= 0.3 is 0 Å². The number of ether oxygens (including phenoxy) is 1. The summed E-state index contributed by atoms with van der Waals surface area (Å²) < 4.78 is 6.12. The van der Waals surface area contributed by atoms with Crippen molar-refractivity contribution in [2.45, 2.75) is 40.7 Å². The molecule has 1 aromatic carbocycles. The molecule has 3 N–H and O–H groups in total. The number of aromatic hydroxyl groups is 1. The second-order valence-electron chi connectivity index (χ2n) is 8.07. The molecule has 2 rings (SSSR count). The van der Waals surface area contributed by atoms with E-state index in [-0.39, 0.29) is 5.75 Å². The van der Waals surface area contributed by atoms with Gasteiger partial charge in [0.25, 0.3) is 0 Å². The van der Waals surface area contributed by atoms with Crippen molar-refractivity contribution in [1.82, 2.24) is 15.5 Å². The van der Waals surface area contributed by atoms with Gasteiger partial charge in [-0.05, 0) is 56.1 Å². The van der Waals surface area contributed by atoms with Gasteiger partial charge < -0.3 is 25.4 Å². The minimum absolute atomic E-state index is 0.00482. The van der Waals surface area contributed by atoms with Crippen LogP contribution in [0.3, 0.4) is 0 Å². The number of halogens is 1. The normalized spacial score (nSPS) is 14.9. The van der Waals surface area contributed by atoms with Crippen LogP contribution in [-0.2, 0) is 6.54 Å². The van der Waals surface area contributed by atoms with Crippen LogP contribution in [0.4, 0.5) is 0 Å². The Hall–Kier alpha value is -2.75. The molecule has 0 bridgehead atoms. The van der Waals surface area contributed by atoms with Crippen LogP contribution in [-0.4, -0.2) is 36.2 Å². The minimum Gasteiger partial charge on any atom is -0.506 e. The SMILES string of the molecule is C=C/C(=C\C(=C=CCC(C)C)NCC)COc1cc(O)c(Cl)cc1CN1CCN/C1=C/C. The summed E-state index contributed by atoms with van der Waals surface area (Å²) >= 11 is 6.20. The zero-order valence-electron chi connectivity index (χ0n) is 19.7. The molecule has 0 spiro atoms. The van der Waals surface area contributed by atoms with Crippen LogP contribution in [0.25, 0.3) is 0 Å². The van der Waals surface area contributed by atoms with Crippen molar-refractivity contribution in [3.8, 4) is 11.5 Å². The summed E-state index contributed by atoms with van der Waals surface area (Å²) in [6.45, 7) is 15.9. The molecule has 5 nitrogen and oxygen atoms in total. The maximum Gasteiger partial charge on any atom is 0.137 e. The number of allylic oxidation sites excluding steroid dienone is 2. The molecule has 0 unspecified atom stereocenters. The number of benzene rings is 1. The van der Waals surface area contributed by atoms with Gasteiger partial charge in [0.1, 0.15) is 18.1 Å². The average molecular weight is 458 g/mol. The highest BCUT2D eigenvalue weighted by molar-refractivity contribution is 6.32. The van der Waals surface area contributed by atoms with E-state index >= 15 is 0 Å². The molecule has 174 valence electrons. The van der Waals surface area contributed by atoms with Crippen molar-refractivity contribution in [2.24, 2.45) is 5.92 Å². The lowest BCUT2D eigenvalue weighted by atomic mass is 10.1. The highest BCUT2D eigenvalue weighted by Crippen LogP contribution is 2.33. The van der Waals surface area contributed by atoms with Gasteiger partial charge in [-0.25, -0.2) is 0 Å². The van der Waals surface area contributed by atoms with Crippen LogP contribution < -0.4 is 15.4 Å². The highest BCUT2D eigenvalue weighted by atomic mass is 35.5. The summed E-state index contributed by atoms with van der Waals surface area (Å²) in [4.78, 5) is 2.23. The van der Waals surface area contributed by atoms with Crippen LogP contribution >= 0.6 is 11.6 Å². The van der Waals surface area contributed by atoms with Gasteiger partial charge in [-0.2, -0.15) is 0 Å². The summed E-state index contributed by atoms with van der Waals surface area (Å²) in [5, 5.41) is 17.1. The highest BCUT2D eigenvalue weighted by Gasteiger charge is 2.19. The maximum absolute atomic E-state index is 10.2. The van der Waals surface area contributed by atoms with Crippen molar-refractivity contribution >= 4 is 11.6 Å². The van der Waals surface area contributed by atoms with Gasteiger partial charge in [0.05, 0.1) is 16.5 Å². The summed E-state index contributed by atoms with van der Waals surface area (Å²) in [7, 11) is 0. The summed E-state index contributed by atoms with van der Waals surface area (Å²) in [5.41, 5.74) is 6.04. The monoisotopic (exact) mass is 457 g/mol. The van der Waals surface area contributed by atoms with E-state index in [4.69, 9.17) is 16.3 Å². The van der Waals surface area contributed by atoms with Gasteiger partial charge in [0.15, 0.2) is 0 Å². The van der Waals surface area contributed by atoms with E-state index in [0.29, 0.717) is 29.8 Å². The standard InChI is InChI=1S/C26H36ClN3O2/c1-6-20(14-22(28-8-3)11-9-10-19(4)5)18-32-25-16-24(31)23(27)15-21(25)17-30-13-12-29-26(30)7-2/h6-7,9,14-16,19,28-29,31H,1,8,10,12-13,17-18H2,2-5H3/b20-14+,26-7-. The first-order valence-electron chi connectivity index (χ1n) is 11.2. The fraction of sp³-hybridized carbons (Fsp3) is 0.423. The van der Waals surface area contributed by atoms with E-state index in [2.05, 4.69) is 60.8 Å². The molecule has 0 radical (unpaired) electrons. The fourth-order valence-electron chi connectivity index (χ4n) is 3.29. The van der Waals surface area contributed by atoms with Crippen LogP contribution in [0, 0.1) is 5.92 Å². The Labute approximate surface area is 197 Å². The van der Waals surface area contributed by atoms with E-state index < -0.39 is 0 Å². The fourth-order valence-corrected chi connectivity index (χ4v) is 3.48. The molecule has 0 amide bonds. The lowest BCUT2D eigenvalue weighted by Crippen LogP contribution is -2.20. The van der Waals surface area contributed by atoms with E-state index in [1.54, 1.807) is 18.2 Å². The third-order valence-corrected chi connectivity index (χ3v) is 5.30. The third-order valence-electron chi connectivity index (χ3n) is 4.99. The Balaban J connectivity index is 2.22. The van der Waals surface area contributed by atoms with Crippen LogP contribution in [0.5, 0.6) is 11.5 Å². The molecule has 1 fully saturated rings. The molecule has 1 saturated heterocycles. The smallest absolute Gasteiger partial charge is 0.137 e. The summed E-state index contributed by atoms with van der Waals surface area (Å²) in [6, 6.07) is 3.36. The zero-order chi connectivity index (χ0) is 23.5. The average Bonchev–Trinajstić information content (AvgIpc) is 3.21. The Morgan fingerprint density at radius 3 is 2.88 bits per heavy atom. The van der Waals surface area contributed by atoms with Crippen molar-refractivity contribution in [1.29, 1.82) is 0 Å². The van der Waals surface area contributed by atoms with Crippen molar-refractivity contribution < 1.29 is 9.84 Å². The molecule has 1 heterocycles. The molecule has 32 heavy (non-hydrogen) atoms. The van der Waals surface area contributed by atoms with E-state index in [0.717, 1.165) is 48.7 Å². The second kappa shape index (κ2) is 12.9. The van der Waals surface area contributed by atoms with E-state index in [1.165, 1.54) is 0 Å². The number of hydrogen-bond donors (Lipinski definition) is 3. The molecule has 1 aromatic rings. The molecule has 1 aliphatic rings. The van der Waals surface area contributed by atoms with Crippen molar-refractivity contribution in [3.63, 3.8) is 0 Å². The van der Waals surface area contributed by atoms with Crippen LogP contribution in [0.2, 0.25) is 5.02 Å². The lowest BCUT2D eigenvalue weighted by molar-refractivity contribution is 0.332. The minimum atomic E-state index is 0.00482. The Bertz CT molecular complexity index is 912. The van der Waals surface area contributed by atoms with Crippen molar-refractivity contribution in [3.05, 3.63) is 76.4 Å². The first-order chi connectivity index (χ1) is 15.4. The van der Waals surface area contributed by atoms with Crippen LogP contribution in [0.15, 0.2) is 65.8 Å². The second-order valence-corrected chi connectivity index (χ2v) is 8.47. The number of rotatable bonds is 11. The summed E-state index contributed by atoms with van der Waals surface area (Å²) in [6.07, 6.45) is 8.84. The third kappa shape index (κ3) is 7.74. The van der Waals surface area contributed by atoms with Gasteiger partial charge in [-0.3, -0.25) is 0 Å². The van der Waals surface area contributed by atoms with Gasteiger partial charge in [-0.1, -0.05) is 43.8 Å². The lowest BCUT2D eigenvalue weighted by Gasteiger charge is -2.21. The van der Waals surface area contributed by atoms with Gasteiger partial charge in [0.2, 0.25) is 0 Å². The van der Waals surface area contributed by atoms with E-state index in [9.17, 15) is 5.11 Å². The number of phenols is 1. The predicted octanol–water partition coefficient (Wildman–Crippen LogP) is 5.50. The number of nitrogens with one attached hydrogen (secondary N) is 2. The number of hydrogen-bond acceptors (Lipinski definition) is 5. The number of nitrogens with zero attached hydrogens (tertiary/aromatic N) is 1. The first-order valence-corrected chi connectivity index (χ1v) is 11.6. The molecule has 6 heteroatoms. The molecular weight excluding hydrogens is 422 g/mol. The Morgan fingerprint density at radius 2 is 2.22 bits per heavy atom. The van der Waals surface area contributed by atoms with Crippen LogP contribution in [0.1, 0.15) is 39.7 Å². The zero-order valence-corrected chi connectivity index (χ0v) is 20.4. The quantitative estimate of drug-likeness (QED) is 0.302. The topological polar surface area (TPSA) is 56.8 Å². The van der Waals surface area contributed by atoms with E-state index in [1.807, 2.05) is 13.0 Å². The van der Waals surface area contributed by atoms with Gasteiger partial charge in [-0.15, -0.1) is 0 Å². The molecule has 0 aliphatic carbocycles. The Kier molecular flexibility index (Phi) is 10.3. The molecule has 0 aromatic heterocycles. The Morgan fingerprint density at radius 1 is 1.44 bits per heavy atom. The summed E-state index contributed by atoms with van der Waals surface area (Å²) in [5.74, 6) is 2.28. The molecular formula is C26H36ClN3O2. The molecule has 1 aliphatic heterocycles. The number of likely N-dealkylation sites (N-methyl/N-ethyl adjacent to an activating group) is 1. The predicted molar refractivity (Wildman–Crippen MR) is 134 cm³/mol. The first kappa shape index (κ1) is 25.5. The molecule has 0 atom stereocenters.